The van der Waals surface area contributed by atoms with Crippen LogP contribution in [0.4, 0.5) is 0 Å². The minimum atomic E-state index is -0.512. The van der Waals surface area contributed by atoms with E-state index in [2.05, 4.69) is 4.98 Å². The van der Waals surface area contributed by atoms with Gasteiger partial charge in [-0.05, 0) is 23.3 Å². The number of benzene rings is 2. The molecule has 4 rings (SSSR count). The van der Waals surface area contributed by atoms with Crippen molar-refractivity contribution in [2.75, 3.05) is 0 Å². The van der Waals surface area contributed by atoms with E-state index >= 15 is 0 Å². The van der Waals surface area contributed by atoms with E-state index in [1.165, 1.54) is 16.2 Å². The number of hydrogen-bond acceptors (Lipinski definition) is 3. The molecule has 4 aromatic rings. The molecule has 0 unspecified atom stereocenters. The van der Waals surface area contributed by atoms with E-state index in [0.29, 0.717) is 5.02 Å². The highest BCUT2D eigenvalue weighted by Gasteiger charge is 2.18. The molecule has 28 heavy (non-hydrogen) atoms. The third kappa shape index (κ3) is 3.10. The van der Waals surface area contributed by atoms with Crippen LogP contribution in [-0.4, -0.2) is 18.7 Å². The van der Waals surface area contributed by atoms with E-state index in [1.54, 1.807) is 24.3 Å². The lowest BCUT2D eigenvalue weighted by Gasteiger charge is -2.10. The number of aromatic amines is 1. The van der Waals surface area contributed by atoms with Gasteiger partial charge in [0.1, 0.15) is 5.65 Å². The molecule has 0 spiro atoms. The highest BCUT2D eigenvalue weighted by Crippen LogP contribution is 2.11. The SMILES string of the molecule is Cn1c(=O)n(Cc2ccc(Cl)cc2)c(=O)c2c1[nH]c(=O)n2Cc1ccccc1. The third-order valence-corrected chi connectivity index (χ3v) is 4.96. The fourth-order valence-corrected chi connectivity index (χ4v) is 3.36. The van der Waals surface area contributed by atoms with Gasteiger partial charge in [-0.3, -0.25) is 23.5 Å². The zero-order chi connectivity index (χ0) is 19.8. The highest BCUT2D eigenvalue weighted by molar-refractivity contribution is 6.30. The predicted octanol–water partition coefficient (Wildman–Crippen LogP) is 1.94. The second-order valence-electron chi connectivity index (χ2n) is 6.56. The number of aryl methyl sites for hydroxylation is 1. The summed E-state index contributed by atoms with van der Waals surface area (Å²) < 4.78 is 3.78. The molecule has 7 nitrogen and oxygen atoms in total. The first-order valence-electron chi connectivity index (χ1n) is 8.66. The average molecular weight is 397 g/mol. The average Bonchev–Trinajstić information content (AvgIpc) is 3.02. The van der Waals surface area contributed by atoms with Gasteiger partial charge in [0.25, 0.3) is 5.56 Å². The minimum absolute atomic E-state index is 0.0866. The Labute approximate surface area is 164 Å². The molecule has 2 heterocycles. The fourth-order valence-electron chi connectivity index (χ4n) is 3.24. The van der Waals surface area contributed by atoms with Gasteiger partial charge < -0.3 is 0 Å². The molecule has 0 fully saturated rings. The van der Waals surface area contributed by atoms with Gasteiger partial charge >= 0.3 is 11.4 Å². The number of nitrogens with one attached hydrogen (secondary N) is 1. The van der Waals surface area contributed by atoms with Crippen molar-refractivity contribution in [2.24, 2.45) is 7.05 Å². The summed E-state index contributed by atoms with van der Waals surface area (Å²) in [5.74, 6) is 0. The molecule has 8 heteroatoms. The van der Waals surface area contributed by atoms with Crippen molar-refractivity contribution in [1.82, 2.24) is 18.7 Å². The molecule has 0 aliphatic heterocycles. The van der Waals surface area contributed by atoms with Crippen LogP contribution >= 0.6 is 11.6 Å². The van der Waals surface area contributed by atoms with Crippen molar-refractivity contribution < 1.29 is 0 Å². The predicted molar refractivity (Wildman–Crippen MR) is 108 cm³/mol. The van der Waals surface area contributed by atoms with Gasteiger partial charge in [0.05, 0.1) is 13.1 Å². The molecule has 2 aromatic carbocycles. The molecule has 0 bridgehead atoms. The van der Waals surface area contributed by atoms with Crippen LogP contribution in [0.25, 0.3) is 11.2 Å². The number of hydrogen-bond donors (Lipinski definition) is 1. The standard InChI is InChI=1S/C20H17ClN4O3/c1-23-17-16(24(19(27)22-17)11-13-5-3-2-4-6-13)18(26)25(20(23)28)12-14-7-9-15(21)10-8-14/h2-10H,11-12H2,1H3,(H,22,27). The number of halogens is 1. The van der Waals surface area contributed by atoms with Crippen molar-refractivity contribution in [3.8, 4) is 0 Å². The first-order chi connectivity index (χ1) is 13.5. The van der Waals surface area contributed by atoms with E-state index in [9.17, 15) is 14.4 Å². The molecule has 1 N–H and O–H groups in total. The number of nitrogens with zero attached hydrogens (tertiary/aromatic N) is 3. The summed E-state index contributed by atoms with van der Waals surface area (Å²) in [5.41, 5.74) is 0.574. The number of imidazole rings is 1. The topological polar surface area (TPSA) is 81.8 Å². The van der Waals surface area contributed by atoms with Crippen molar-refractivity contribution in [3.63, 3.8) is 0 Å². The Morgan fingerprint density at radius 1 is 0.857 bits per heavy atom. The van der Waals surface area contributed by atoms with Crippen molar-refractivity contribution >= 4 is 22.8 Å². The smallest absolute Gasteiger partial charge is 0.291 e. The molecular formula is C20H17ClN4O3. The van der Waals surface area contributed by atoms with Gasteiger partial charge in [0, 0.05) is 12.1 Å². The molecule has 0 atom stereocenters. The molecule has 0 aliphatic carbocycles. The minimum Gasteiger partial charge on any atom is -0.291 e. The summed E-state index contributed by atoms with van der Waals surface area (Å²) in [6.07, 6.45) is 0. The largest absolute Gasteiger partial charge is 0.332 e. The first kappa shape index (κ1) is 18.1. The van der Waals surface area contributed by atoms with E-state index in [0.717, 1.165) is 15.7 Å². The molecule has 142 valence electrons. The van der Waals surface area contributed by atoms with Crippen LogP contribution in [0.3, 0.4) is 0 Å². The maximum Gasteiger partial charge on any atom is 0.332 e. The summed E-state index contributed by atoms with van der Waals surface area (Å²) in [6.45, 7) is 0.317. The summed E-state index contributed by atoms with van der Waals surface area (Å²) >= 11 is 5.90. The maximum absolute atomic E-state index is 13.1. The second-order valence-corrected chi connectivity index (χ2v) is 6.99. The van der Waals surface area contributed by atoms with Gasteiger partial charge in [-0.25, -0.2) is 9.59 Å². The van der Waals surface area contributed by atoms with Crippen LogP contribution in [0.15, 0.2) is 69.0 Å². The van der Waals surface area contributed by atoms with Crippen LogP contribution in [0, 0.1) is 0 Å². The number of fused-ring (bicyclic) bond motifs is 1. The van der Waals surface area contributed by atoms with Crippen LogP contribution in [0.2, 0.25) is 5.02 Å². The number of aromatic nitrogens is 4. The maximum atomic E-state index is 13.1. The molecular weight excluding hydrogens is 380 g/mol. The van der Waals surface area contributed by atoms with Crippen molar-refractivity contribution in [3.05, 3.63) is 102 Å². The Kier molecular flexibility index (Phi) is 4.52. The zero-order valence-corrected chi connectivity index (χ0v) is 15.8. The van der Waals surface area contributed by atoms with Crippen LogP contribution in [-0.2, 0) is 20.1 Å². The summed E-state index contributed by atoms with van der Waals surface area (Å²) in [7, 11) is 1.53. The Morgan fingerprint density at radius 3 is 2.14 bits per heavy atom. The molecule has 0 amide bonds. The Balaban J connectivity index is 1.91. The lowest BCUT2D eigenvalue weighted by atomic mass is 10.2. The Hall–Kier alpha value is -3.32. The quantitative estimate of drug-likeness (QED) is 0.572. The lowest BCUT2D eigenvalue weighted by Crippen LogP contribution is -2.40. The van der Waals surface area contributed by atoms with Gasteiger partial charge in [0.2, 0.25) is 0 Å². The Morgan fingerprint density at radius 2 is 1.46 bits per heavy atom. The van der Waals surface area contributed by atoms with Crippen LogP contribution in [0.1, 0.15) is 11.1 Å². The molecule has 0 radical (unpaired) electrons. The van der Waals surface area contributed by atoms with E-state index in [4.69, 9.17) is 11.6 Å². The van der Waals surface area contributed by atoms with Gasteiger partial charge in [0.15, 0.2) is 5.52 Å². The molecule has 0 saturated heterocycles. The van der Waals surface area contributed by atoms with Gasteiger partial charge in [-0.2, -0.15) is 0 Å². The number of H-pyrrole nitrogens is 1. The third-order valence-electron chi connectivity index (χ3n) is 4.70. The van der Waals surface area contributed by atoms with Crippen LogP contribution < -0.4 is 16.9 Å². The summed E-state index contributed by atoms with van der Waals surface area (Å²) in [4.78, 5) is 41.0. The van der Waals surface area contributed by atoms with Crippen molar-refractivity contribution in [2.45, 2.75) is 13.1 Å². The van der Waals surface area contributed by atoms with Gasteiger partial charge in [-0.15, -0.1) is 0 Å². The molecule has 0 aliphatic rings. The van der Waals surface area contributed by atoms with Gasteiger partial charge in [-0.1, -0.05) is 54.1 Å². The van der Waals surface area contributed by atoms with Crippen molar-refractivity contribution in [1.29, 1.82) is 0 Å². The zero-order valence-electron chi connectivity index (χ0n) is 15.1. The fraction of sp³-hybridized carbons (Fsp3) is 0.150. The van der Waals surface area contributed by atoms with E-state index in [1.807, 2.05) is 30.3 Å². The molecule has 0 saturated carbocycles. The molecule has 2 aromatic heterocycles. The number of rotatable bonds is 4. The second kappa shape index (κ2) is 7.01. The first-order valence-corrected chi connectivity index (χ1v) is 9.04. The van der Waals surface area contributed by atoms with E-state index in [-0.39, 0.29) is 24.3 Å². The highest BCUT2D eigenvalue weighted by atomic mass is 35.5. The van der Waals surface area contributed by atoms with E-state index < -0.39 is 16.9 Å². The summed E-state index contributed by atoms with van der Waals surface area (Å²) in [5, 5.41) is 0.571. The lowest BCUT2D eigenvalue weighted by molar-refractivity contribution is 0.653. The normalized spacial score (nSPS) is 11.2. The van der Waals surface area contributed by atoms with Crippen LogP contribution in [0.5, 0.6) is 0 Å². The monoisotopic (exact) mass is 396 g/mol. The Bertz CT molecular complexity index is 1330. The summed E-state index contributed by atoms with van der Waals surface area (Å²) in [6, 6.07) is 16.3.